The van der Waals surface area contributed by atoms with Crippen LogP contribution >= 0.6 is 0 Å². The van der Waals surface area contributed by atoms with E-state index in [2.05, 4.69) is 5.32 Å². The molecule has 3 heterocycles. The minimum absolute atomic E-state index is 0.0259. The number of para-hydroxylation sites is 1. The van der Waals surface area contributed by atoms with Crippen molar-refractivity contribution in [1.82, 2.24) is 10.2 Å². The van der Waals surface area contributed by atoms with Crippen LogP contribution in [0.25, 0.3) is 0 Å². The number of aliphatic hydroxyl groups excluding tert-OH is 2. The molecule has 3 aliphatic heterocycles. The summed E-state index contributed by atoms with van der Waals surface area (Å²) in [5.41, 5.74) is 3.66. The molecule has 4 N–H and O–H groups in total. The van der Waals surface area contributed by atoms with Crippen molar-refractivity contribution in [2.45, 2.75) is 70.2 Å². The minimum Gasteiger partial charge on any atom is -0.494 e. The van der Waals surface area contributed by atoms with Gasteiger partial charge in [-0.3, -0.25) is 24.2 Å². The number of hydrogen-bond acceptors (Lipinski definition) is 8. The van der Waals surface area contributed by atoms with Crippen molar-refractivity contribution in [3.63, 3.8) is 0 Å². The van der Waals surface area contributed by atoms with E-state index in [1.165, 1.54) is 4.90 Å². The molecule has 4 atom stereocenters. The van der Waals surface area contributed by atoms with Crippen molar-refractivity contribution in [3.8, 4) is 5.75 Å². The number of carbonyl (C=O) groups excluding carboxylic acids is 3. The van der Waals surface area contributed by atoms with Gasteiger partial charge in [0.15, 0.2) is 5.60 Å². The van der Waals surface area contributed by atoms with Crippen molar-refractivity contribution < 1.29 is 34.4 Å². The first-order valence-corrected chi connectivity index (χ1v) is 19.5. The van der Waals surface area contributed by atoms with Gasteiger partial charge in [-0.25, -0.2) is 0 Å². The zero-order chi connectivity index (χ0) is 39.4. The number of amides is 3. The first-order valence-electron chi connectivity index (χ1n) is 19.5. The van der Waals surface area contributed by atoms with Crippen LogP contribution in [0.4, 0.5) is 22.7 Å². The normalized spacial score (nSPS) is 20.9. The van der Waals surface area contributed by atoms with Gasteiger partial charge in [-0.1, -0.05) is 61.5 Å². The first-order chi connectivity index (χ1) is 27.2. The fourth-order valence-corrected chi connectivity index (χ4v) is 8.22. The van der Waals surface area contributed by atoms with E-state index in [1.54, 1.807) is 47.1 Å². The highest BCUT2D eigenvalue weighted by Crippen LogP contribution is 2.50. The maximum atomic E-state index is 14.6. The molecule has 0 aliphatic carbocycles. The molecule has 292 valence electrons. The van der Waals surface area contributed by atoms with Crippen LogP contribution in [0.15, 0.2) is 103 Å². The lowest BCUT2D eigenvalue weighted by Gasteiger charge is -2.36. The van der Waals surface area contributed by atoms with E-state index in [-0.39, 0.29) is 37.5 Å². The molecule has 1 unspecified atom stereocenters. The molecule has 11 heteroatoms. The quantitative estimate of drug-likeness (QED) is 0.0986. The van der Waals surface area contributed by atoms with Crippen LogP contribution in [0.3, 0.4) is 0 Å². The number of benzene rings is 4. The third-order valence-corrected chi connectivity index (χ3v) is 11.2. The van der Waals surface area contributed by atoms with E-state index in [0.29, 0.717) is 79.4 Å². The number of anilines is 4. The molecule has 56 heavy (non-hydrogen) atoms. The molecule has 0 bridgehead atoms. The van der Waals surface area contributed by atoms with E-state index in [4.69, 9.17) is 4.74 Å². The largest absolute Gasteiger partial charge is 0.494 e. The van der Waals surface area contributed by atoms with Crippen LogP contribution < -0.4 is 19.9 Å². The van der Waals surface area contributed by atoms with Crippen LogP contribution in [0.2, 0.25) is 0 Å². The smallest absolute Gasteiger partial charge is 0.268 e. The molecule has 0 fully saturated rings. The van der Waals surface area contributed by atoms with Crippen LogP contribution in [-0.4, -0.2) is 76.4 Å². The van der Waals surface area contributed by atoms with Crippen molar-refractivity contribution >= 4 is 40.5 Å². The second-order valence-electron chi connectivity index (χ2n) is 14.7. The monoisotopic (exact) mass is 758 g/mol. The Morgan fingerprint density at radius 3 is 2.39 bits per heavy atom. The topological polar surface area (TPSA) is 143 Å². The van der Waals surface area contributed by atoms with Gasteiger partial charge in [-0.2, -0.15) is 0 Å². The Morgan fingerprint density at radius 1 is 0.893 bits per heavy atom. The molecule has 0 spiro atoms. The fourth-order valence-electron chi connectivity index (χ4n) is 8.22. The van der Waals surface area contributed by atoms with E-state index in [1.807, 2.05) is 79.7 Å². The van der Waals surface area contributed by atoms with Gasteiger partial charge in [0, 0.05) is 42.4 Å². The molecular weight excluding hydrogens is 709 g/mol. The van der Waals surface area contributed by atoms with Crippen LogP contribution in [0, 0.1) is 5.92 Å². The van der Waals surface area contributed by atoms with Gasteiger partial charge >= 0.3 is 0 Å². The molecule has 0 saturated heterocycles. The summed E-state index contributed by atoms with van der Waals surface area (Å²) >= 11 is 0. The Bertz CT molecular complexity index is 2110. The summed E-state index contributed by atoms with van der Waals surface area (Å²) in [6, 6.07) is 27.1. The lowest BCUT2D eigenvalue weighted by Crippen LogP contribution is -2.49. The van der Waals surface area contributed by atoms with Gasteiger partial charge in [-0.15, -0.1) is 0 Å². The molecule has 0 saturated carbocycles. The number of unbranched alkanes of at least 4 members (excludes halogenated alkanes) is 1. The highest BCUT2D eigenvalue weighted by atomic mass is 16.5. The number of ether oxygens (including phenoxy) is 1. The third kappa shape index (κ3) is 7.35. The Kier molecular flexibility index (Phi) is 11.7. The number of nitrogens with zero attached hydrogens (tertiary/aromatic N) is 3. The molecule has 0 radical (unpaired) electrons. The Hall–Kier alpha value is -5.33. The summed E-state index contributed by atoms with van der Waals surface area (Å²) in [4.78, 5) is 47.3. The maximum Gasteiger partial charge on any atom is 0.268 e. The second-order valence-corrected chi connectivity index (χ2v) is 14.7. The van der Waals surface area contributed by atoms with Crippen molar-refractivity contribution in [1.29, 1.82) is 0 Å². The highest BCUT2D eigenvalue weighted by Gasteiger charge is 2.53. The zero-order valence-electron chi connectivity index (χ0n) is 31.9. The number of nitrogens with one attached hydrogen (secondary N) is 1. The zero-order valence-corrected chi connectivity index (χ0v) is 31.9. The number of hydrogen-bond donors (Lipinski definition) is 4. The average molecular weight is 759 g/mol. The number of rotatable bonds is 14. The number of aliphatic hydroxyl groups is 3. The van der Waals surface area contributed by atoms with E-state index >= 15 is 0 Å². The second kappa shape index (κ2) is 16.8. The Balaban J connectivity index is 1.22. The summed E-state index contributed by atoms with van der Waals surface area (Å²) in [6.45, 7) is 5.04. The minimum atomic E-state index is -2.04. The lowest BCUT2D eigenvalue weighted by molar-refractivity contribution is -0.138. The number of fused-ring (bicyclic) bond motifs is 3. The van der Waals surface area contributed by atoms with E-state index < -0.39 is 23.5 Å². The predicted molar refractivity (Wildman–Crippen MR) is 215 cm³/mol. The van der Waals surface area contributed by atoms with Gasteiger partial charge < -0.3 is 30.3 Å². The molecule has 11 nitrogen and oxygen atoms in total. The van der Waals surface area contributed by atoms with Crippen molar-refractivity contribution in [2.75, 3.05) is 36.2 Å². The number of carbonyl (C=O) groups is 3. The molecule has 0 aromatic heterocycles. The maximum absolute atomic E-state index is 14.6. The Labute approximate surface area is 327 Å². The highest BCUT2D eigenvalue weighted by molar-refractivity contribution is 6.13. The van der Waals surface area contributed by atoms with Crippen molar-refractivity contribution in [2.24, 2.45) is 5.92 Å². The standard InChI is InChI=1S/C45H50N4O7/c1-3-56-37-19-21-40-33(25-37)26-39(46-22-9-10-23-50)43(53)48(40)35-18-20-41-38(27-35)45(55,44(54)49(41)34-15-5-4-6-16-34)30(2)12-11-17-42(52)47-28-32-14-8-7-13-31(32)24-36(47)29-51/h4-8,11-16,18-21,25,27,30,36,39,46,50-51,55H,3,9-10,17,22-24,26,28-29H2,1-2H3/b12-11+/t30-,36-,39?,45+/m0/s1. The first kappa shape index (κ1) is 38.9. The van der Waals surface area contributed by atoms with Crippen molar-refractivity contribution in [3.05, 3.63) is 125 Å². The lowest BCUT2D eigenvalue weighted by atomic mass is 9.82. The fraction of sp³-hybridized carbons (Fsp3) is 0.356. The van der Waals surface area contributed by atoms with Crippen LogP contribution in [0.1, 0.15) is 55.4 Å². The SMILES string of the molecule is CCOc1ccc2c(c1)CC(NCCCCO)C(=O)N2c1ccc2c(c1)[C@](O)([C@@H](C)/C=C/CC(=O)N1Cc3ccccc3C[C@H]1CO)C(=O)N2c1ccccc1. The summed E-state index contributed by atoms with van der Waals surface area (Å²) in [5.74, 6) is -0.952. The Morgan fingerprint density at radius 2 is 1.64 bits per heavy atom. The summed E-state index contributed by atoms with van der Waals surface area (Å²) in [6.07, 6.45) is 5.76. The van der Waals surface area contributed by atoms with Crippen LogP contribution in [-0.2, 0) is 39.4 Å². The summed E-state index contributed by atoms with van der Waals surface area (Å²) < 4.78 is 5.81. The summed E-state index contributed by atoms with van der Waals surface area (Å²) in [7, 11) is 0. The average Bonchev–Trinajstić information content (AvgIpc) is 3.45. The van der Waals surface area contributed by atoms with Gasteiger partial charge in [0.2, 0.25) is 11.8 Å². The van der Waals surface area contributed by atoms with E-state index in [9.17, 15) is 29.7 Å². The van der Waals surface area contributed by atoms with Gasteiger partial charge in [-0.05, 0) is 104 Å². The predicted octanol–water partition coefficient (Wildman–Crippen LogP) is 5.43. The van der Waals surface area contributed by atoms with E-state index in [0.717, 1.165) is 16.7 Å². The molecule has 4 aromatic carbocycles. The van der Waals surface area contributed by atoms with Gasteiger partial charge in [0.1, 0.15) is 5.75 Å². The van der Waals surface area contributed by atoms with Gasteiger partial charge in [0.25, 0.3) is 5.91 Å². The molecular formula is C45H50N4O7. The molecule has 7 rings (SSSR count). The third-order valence-electron chi connectivity index (χ3n) is 11.2. The van der Waals surface area contributed by atoms with Crippen LogP contribution in [0.5, 0.6) is 5.75 Å². The summed E-state index contributed by atoms with van der Waals surface area (Å²) in [5, 5.41) is 35.5. The molecule has 3 aliphatic rings. The molecule has 3 amide bonds. The molecule has 4 aromatic rings. The van der Waals surface area contributed by atoms with Gasteiger partial charge in [0.05, 0.1) is 36.7 Å².